The van der Waals surface area contributed by atoms with Crippen molar-refractivity contribution in [2.45, 2.75) is 19.0 Å². The van der Waals surface area contributed by atoms with Gasteiger partial charge >= 0.3 is 6.18 Å². The molecule has 2 aromatic rings. The zero-order chi connectivity index (χ0) is 13.3. The number of rotatable bonds is 2. The summed E-state index contributed by atoms with van der Waals surface area (Å²) in [5, 5.41) is 8.65. The van der Waals surface area contributed by atoms with Gasteiger partial charge in [-0.1, -0.05) is 12.1 Å². The van der Waals surface area contributed by atoms with Crippen molar-refractivity contribution >= 4 is 10.9 Å². The van der Waals surface area contributed by atoms with Crippen LogP contribution in [0.4, 0.5) is 17.6 Å². The lowest BCUT2D eigenvalue weighted by atomic mass is 10.1. The number of aromatic nitrogens is 1. The van der Waals surface area contributed by atoms with Gasteiger partial charge in [-0.2, -0.15) is 18.4 Å². The molecule has 0 saturated carbocycles. The summed E-state index contributed by atoms with van der Waals surface area (Å²) in [6, 6.07) is 5.64. The van der Waals surface area contributed by atoms with Crippen LogP contribution in [0.25, 0.3) is 10.9 Å². The lowest BCUT2D eigenvalue weighted by Crippen LogP contribution is -2.08. The van der Waals surface area contributed by atoms with Crippen LogP contribution in [0, 0.1) is 17.1 Å². The zero-order valence-electron chi connectivity index (χ0n) is 9.11. The molecule has 94 valence electrons. The molecule has 0 spiro atoms. The van der Waals surface area contributed by atoms with E-state index in [0.717, 1.165) is 6.07 Å². The normalized spacial score (nSPS) is 11.7. The van der Waals surface area contributed by atoms with Gasteiger partial charge in [-0.05, 0) is 18.1 Å². The van der Waals surface area contributed by atoms with E-state index in [9.17, 15) is 17.6 Å². The second-order valence-corrected chi connectivity index (χ2v) is 3.80. The maximum atomic E-state index is 13.4. The Balaban J connectivity index is 2.69. The van der Waals surface area contributed by atoms with Crippen LogP contribution in [0.3, 0.4) is 0 Å². The first-order valence-corrected chi connectivity index (χ1v) is 5.18. The summed E-state index contributed by atoms with van der Waals surface area (Å²) in [5.41, 5.74) is -1.20. The van der Waals surface area contributed by atoms with Crippen LogP contribution in [0.1, 0.15) is 17.7 Å². The number of nitrogens with one attached hydrogen (secondary N) is 1. The molecule has 0 bridgehead atoms. The zero-order valence-corrected chi connectivity index (χ0v) is 9.11. The number of para-hydroxylation sites is 1. The van der Waals surface area contributed by atoms with Crippen molar-refractivity contribution in [1.82, 2.24) is 4.98 Å². The smallest absolute Gasteiger partial charge is 0.348 e. The number of H-pyrrole nitrogens is 1. The molecule has 0 amide bonds. The summed E-state index contributed by atoms with van der Waals surface area (Å²) in [4.78, 5) is 2.07. The molecule has 1 heterocycles. The van der Waals surface area contributed by atoms with Gasteiger partial charge in [0, 0.05) is 11.8 Å². The molecule has 2 nitrogen and oxygen atoms in total. The third-order valence-electron chi connectivity index (χ3n) is 2.66. The first-order valence-electron chi connectivity index (χ1n) is 5.18. The van der Waals surface area contributed by atoms with E-state index < -0.39 is 17.7 Å². The Morgan fingerprint density at radius 3 is 2.61 bits per heavy atom. The van der Waals surface area contributed by atoms with Gasteiger partial charge in [0.2, 0.25) is 0 Å². The molecule has 1 aromatic heterocycles. The van der Waals surface area contributed by atoms with Crippen LogP contribution in [0.5, 0.6) is 0 Å². The highest BCUT2D eigenvalue weighted by Gasteiger charge is 2.36. The Hall–Kier alpha value is -2.03. The van der Waals surface area contributed by atoms with Gasteiger partial charge in [-0.25, -0.2) is 4.39 Å². The van der Waals surface area contributed by atoms with Gasteiger partial charge < -0.3 is 4.98 Å². The summed E-state index contributed by atoms with van der Waals surface area (Å²) >= 11 is 0. The van der Waals surface area contributed by atoms with Gasteiger partial charge in [0.1, 0.15) is 11.5 Å². The fraction of sp³-hybridized carbons (Fsp3) is 0.250. The summed E-state index contributed by atoms with van der Waals surface area (Å²) in [6.45, 7) is 0. The fourth-order valence-electron chi connectivity index (χ4n) is 1.92. The van der Waals surface area contributed by atoms with Gasteiger partial charge in [-0.15, -0.1) is 0 Å². The van der Waals surface area contributed by atoms with E-state index in [1.54, 1.807) is 6.07 Å². The van der Waals surface area contributed by atoms with Crippen LogP contribution in [-0.2, 0) is 12.6 Å². The molecule has 0 fully saturated rings. The van der Waals surface area contributed by atoms with E-state index in [4.69, 9.17) is 5.26 Å². The number of fused-ring (bicyclic) bond motifs is 1. The number of benzene rings is 1. The number of hydrogen-bond donors (Lipinski definition) is 1. The van der Waals surface area contributed by atoms with E-state index >= 15 is 0 Å². The summed E-state index contributed by atoms with van der Waals surface area (Å²) in [6.07, 6.45) is -4.70. The summed E-state index contributed by atoms with van der Waals surface area (Å²) in [5.74, 6) is -0.735. The van der Waals surface area contributed by atoms with Crippen molar-refractivity contribution in [2.75, 3.05) is 0 Å². The number of nitrogens with zero attached hydrogens (tertiary/aromatic N) is 1. The van der Waals surface area contributed by atoms with E-state index in [1.807, 2.05) is 0 Å². The number of alkyl halides is 3. The topological polar surface area (TPSA) is 39.6 Å². The van der Waals surface area contributed by atoms with Crippen molar-refractivity contribution in [3.05, 3.63) is 35.3 Å². The van der Waals surface area contributed by atoms with Crippen LogP contribution < -0.4 is 0 Å². The second kappa shape index (κ2) is 4.33. The molecule has 0 aliphatic rings. The van der Waals surface area contributed by atoms with Gasteiger partial charge in [0.05, 0.1) is 11.6 Å². The first kappa shape index (κ1) is 12.4. The van der Waals surface area contributed by atoms with Gasteiger partial charge in [0.15, 0.2) is 0 Å². The number of nitriles is 1. The second-order valence-electron chi connectivity index (χ2n) is 3.80. The third-order valence-corrected chi connectivity index (χ3v) is 2.66. The lowest BCUT2D eigenvalue weighted by molar-refractivity contribution is -0.141. The van der Waals surface area contributed by atoms with Gasteiger partial charge in [0.25, 0.3) is 0 Å². The average molecular weight is 256 g/mol. The Bertz CT molecular complexity index is 619. The predicted octanol–water partition coefficient (Wildman–Crippen LogP) is 3.78. The predicted molar refractivity (Wildman–Crippen MR) is 57.2 cm³/mol. The maximum Gasteiger partial charge on any atom is 0.431 e. The van der Waals surface area contributed by atoms with Crippen molar-refractivity contribution in [1.29, 1.82) is 5.26 Å². The molecule has 1 N–H and O–H groups in total. The minimum absolute atomic E-state index is 0.0491. The van der Waals surface area contributed by atoms with Crippen LogP contribution in [0.2, 0.25) is 0 Å². The Labute approximate surface area is 99.8 Å². The summed E-state index contributed by atoms with van der Waals surface area (Å²) < 4.78 is 51.9. The Morgan fingerprint density at radius 1 is 1.28 bits per heavy atom. The van der Waals surface area contributed by atoms with Crippen LogP contribution >= 0.6 is 0 Å². The van der Waals surface area contributed by atoms with E-state index in [0.29, 0.717) is 0 Å². The highest BCUT2D eigenvalue weighted by atomic mass is 19.4. The van der Waals surface area contributed by atoms with E-state index in [-0.39, 0.29) is 29.3 Å². The first-order chi connectivity index (χ1) is 8.45. The standard InChI is InChI=1S/C12H8F4N2/c13-9-5-1-3-7-8(4-2-6-17)11(12(14,15)16)18-10(7)9/h1,3,5,18H,2,4H2. The van der Waals surface area contributed by atoms with Crippen molar-refractivity contribution < 1.29 is 17.6 Å². The number of aryl methyl sites for hydroxylation is 1. The molecule has 18 heavy (non-hydrogen) atoms. The van der Waals surface area contributed by atoms with Crippen molar-refractivity contribution in [2.24, 2.45) is 0 Å². The monoisotopic (exact) mass is 256 g/mol. The van der Waals surface area contributed by atoms with Crippen molar-refractivity contribution in [3.8, 4) is 6.07 Å². The lowest BCUT2D eigenvalue weighted by Gasteiger charge is -2.06. The highest BCUT2D eigenvalue weighted by molar-refractivity contribution is 5.85. The molecule has 0 unspecified atom stereocenters. The fourth-order valence-corrected chi connectivity index (χ4v) is 1.92. The molecule has 2 rings (SSSR count). The summed E-state index contributed by atoms with van der Waals surface area (Å²) in [7, 11) is 0. The van der Waals surface area contributed by atoms with E-state index in [1.165, 1.54) is 12.1 Å². The third kappa shape index (κ3) is 2.04. The van der Waals surface area contributed by atoms with Crippen LogP contribution in [0.15, 0.2) is 18.2 Å². The number of aromatic amines is 1. The Kier molecular flexibility index (Phi) is 2.99. The van der Waals surface area contributed by atoms with Crippen molar-refractivity contribution in [3.63, 3.8) is 0 Å². The molecule has 6 heteroatoms. The molecule has 0 aliphatic heterocycles. The highest BCUT2D eigenvalue weighted by Crippen LogP contribution is 2.36. The minimum atomic E-state index is -4.59. The number of halogens is 4. The number of hydrogen-bond acceptors (Lipinski definition) is 1. The average Bonchev–Trinajstić information content (AvgIpc) is 2.66. The molecule has 0 saturated heterocycles. The molecule has 1 aromatic carbocycles. The molecule has 0 radical (unpaired) electrons. The van der Waals surface area contributed by atoms with E-state index in [2.05, 4.69) is 4.98 Å². The maximum absolute atomic E-state index is 13.4. The van der Waals surface area contributed by atoms with Gasteiger partial charge in [-0.3, -0.25) is 0 Å². The largest absolute Gasteiger partial charge is 0.431 e. The molecular weight excluding hydrogens is 248 g/mol. The SMILES string of the molecule is N#CCCc1c(C(F)(F)F)[nH]c2c(F)cccc12. The Morgan fingerprint density at radius 2 is 2.00 bits per heavy atom. The molecule has 0 atom stereocenters. The van der Waals surface area contributed by atoms with Crippen LogP contribution in [-0.4, -0.2) is 4.98 Å². The molecular formula is C12H8F4N2. The quantitative estimate of drug-likeness (QED) is 0.816. The molecule has 0 aliphatic carbocycles. The minimum Gasteiger partial charge on any atom is -0.348 e.